The van der Waals surface area contributed by atoms with E-state index in [-0.39, 0.29) is 12.1 Å². The molecule has 0 heterocycles. The lowest BCUT2D eigenvalue weighted by Crippen LogP contribution is -2.28. The fourth-order valence-electron chi connectivity index (χ4n) is 4.04. The van der Waals surface area contributed by atoms with Crippen LogP contribution in [-0.2, 0) is 5.54 Å². The van der Waals surface area contributed by atoms with E-state index in [1.54, 1.807) is 21.0 Å². The summed E-state index contributed by atoms with van der Waals surface area (Å²) in [6.45, 7) is 4.24. The van der Waals surface area contributed by atoms with Crippen LogP contribution in [0.25, 0.3) is 11.1 Å². The standard InChI is InChI=1S/C31H30F2N4O3S/c1-31(2,37-39)23-7-4-6-20(14-23)21-10-11-28(40-3)29(17-21)41-36-27-9-5-8-26(19-27)34-12-13-35-30(38)22-15-24(32)18-25(33)16-22/h4-11,14-19,34,36H,12-13H2,1-3H3,(H,35,38). The lowest BCUT2D eigenvalue weighted by atomic mass is 9.92. The van der Waals surface area contributed by atoms with Crippen LogP contribution < -0.4 is 20.1 Å². The van der Waals surface area contributed by atoms with E-state index in [2.05, 4.69) is 20.5 Å². The molecular weight excluding hydrogens is 546 g/mol. The summed E-state index contributed by atoms with van der Waals surface area (Å²) in [5.41, 5.74) is 3.53. The Balaban J connectivity index is 1.37. The number of amides is 1. The largest absolute Gasteiger partial charge is 0.496 e. The summed E-state index contributed by atoms with van der Waals surface area (Å²) >= 11 is 1.40. The van der Waals surface area contributed by atoms with Crippen molar-refractivity contribution in [2.24, 2.45) is 5.18 Å². The summed E-state index contributed by atoms with van der Waals surface area (Å²) in [6, 6.07) is 24.0. The summed E-state index contributed by atoms with van der Waals surface area (Å²) in [5, 5.41) is 9.12. The molecule has 41 heavy (non-hydrogen) atoms. The van der Waals surface area contributed by atoms with Gasteiger partial charge in [0, 0.05) is 36.1 Å². The normalized spacial score (nSPS) is 11.0. The maximum Gasteiger partial charge on any atom is 0.251 e. The molecule has 0 radical (unpaired) electrons. The lowest BCUT2D eigenvalue weighted by Gasteiger charge is -2.17. The molecule has 0 saturated carbocycles. The second-order valence-corrected chi connectivity index (χ2v) is 10.6. The van der Waals surface area contributed by atoms with Gasteiger partial charge in [-0.25, -0.2) is 8.78 Å². The van der Waals surface area contributed by atoms with Crippen molar-refractivity contribution < 1.29 is 18.3 Å². The number of ether oxygens (including phenoxy) is 1. The van der Waals surface area contributed by atoms with Crippen LogP contribution in [0.15, 0.2) is 95.0 Å². The Morgan fingerprint density at radius 1 is 0.878 bits per heavy atom. The summed E-state index contributed by atoms with van der Waals surface area (Å²) in [7, 11) is 1.62. The molecule has 4 rings (SSSR count). The van der Waals surface area contributed by atoms with Crippen molar-refractivity contribution in [3.05, 3.63) is 113 Å². The lowest BCUT2D eigenvalue weighted by molar-refractivity contribution is 0.0954. The molecule has 10 heteroatoms. The molecule has 0 atom stereocenters. The molecular formula is C31H30F2N4O3S. The number of halogens is 2. The SMILES string of the molecule is COc1ccc(-c2cccc(C(C)(C)N=O)c2)cc1SNc1cccc(NCCNC(=O)c2cc(F)cc(F)c2)c1. The number of methoxy groups -OCH3 is 1. The number of hydrogen-bond donors (Lipinski definition) is 3. The number of benzene rings is 4. The van der Waals surface area contributed by atoms with Crippen LogP contribution in [0.2, 0.25) is 0 Å². The van der Waals surface area contributed by atoms with Crippen LogP contribution in [0.1, 0.15) is 29.8 Å². The Bertz CT molecular complexity index is 1530. The van der Waals surface area contributed by atoms with Gasteiger partial charge in [-0.15, -0.1) is 4.91 Å². The topological polar surface area (TPSA) is 91.8 Å². The molecule has 0 aliphatic carbocycles. The van der Waals surface area contributed by atoms with Crippen LogP contribution in [0, 0.1) is 16.5 Å². The zero-order chi connectivity index (χ0) is 29.4. The van der Waals surface area contributed by atoms with Crippen molar-refractivity contribution in [2.45, 2.75) is 24.3 Å². The molecule has 0 aromatic heterocycles. The van der Waals surface area contributed by atoms with E-state index in [4.69, 9.17) is 4.74 Å². The second kappa shape index (κ2) is 13.3. The molecule has 4 aromatic carbocycles. The maximum absolute atomic E-state index is 13.4. The Labute approximate surface area is 241 Å². The third-order valence-electron chi connectivity index (χ3n) is 6.30. The highest BCUT2D eigenvalue weighted by atomic mass is 32.2. The van der Waals surface area contributed by atoms with Crippen molar-refractivity contribution in [1.82, 2.24) is 5.32 Å². The van der Waals surface area contributed by atoms with Crippen molar-refractivity contribution in [3.63, 3.8) is 0 Å². The zero-order valence-corrected chi connectivity index (χ0v) is 23.6. The molecule has 0 unspecified atom stereocenters. The Morgan fingerprint density at radius 3 is 2.32 bits per heavy atom. The number of carbonyl (C=O) groups is 1. The zero-order valence-electron chi connectivity index (χ0n) is 22.8. The minimum absolute atomic E-state index is 0.0697. The minimum atomic E-state index is -0.826. The highest BCUT2D eigenvalue weighted by Crippen LogP contribution is 2.36. The van der Waals surface area contributed by atoms with Gasteiger partial charge in [0.15, 0.2) is 0 Å². The van der Waals surface area contributed by atoms with Crippen LogP contribution in [0.4, 0.5) is 20.2 Å². The Hall–Kier alpha value is -4.44. The number of anilines is 2. The van der Waals surface area contributed by atoms with E-state index in [1.807, 2.05) is 66.7 Å². The fourth-order valence-corrected chi connectivity index (χ4v) is 4.84. The molecule has 7 nitrogen and oxygen atoms in total. The van der Waals surface area contributed by atoms with Crippen LogP contribution in [0.5, 0.6) is 5.75 Å². The molecule has 0 bridgehead atoms. The third-order valence-corrected chi connectivity index (χ3v) is 7.18. The van der Waals surface area contributed by atoms with E-state index in [0.717, 1.165) is 51.2 Å². The molecule has 0 aliphatic heterocycles. The summed E-state index contributed by atoms with van der Waals surface area (Å²) in [6.07, 6.45) is 0. The summed E-state index contributed by atoms with van der Waals surface area (Å²) in [4.78, 5) is 24.3. The van der Waals surface area contributed by atoms with Crippen molar-refractivity contribution in [3.8, 4) is 16.9 Å². The monoisotopic (exact) mass is 576 g/mol. The molecule has 0 saturated heterocycles. The first-order valence-corrected chi connectivity index (χ1v) is 13.6. The van der Waals surface area contributed by atoms with Crippen LogP contribution in [-0.4, -0.2) is 26.1 Å². The van der Waals surface area contributed by atoms with Gasteiger partial charge in [-0.05, 0) is 91.0 Å². The van der Waals surface area contributed by atoms with Gasteiger partial charge in [0.05, 0.1) is 12.0 Å². The highest BCUT2D eigenvalue weighted by Gasteiger charge is 2.21. The molecule has 4 aromatic rings. The number of nitroso groups, excluding NO2 is 1. The molecule has 0 aliphatic rings. The number of rotatable bonds is 12. The maximum atomic E-state index is 13.4. The number of hydrogen-bond acceptors (Lipinski definition) is 7. The van der Waals surface area contributed by atoms with Gasteiger partial charge in [-0.2, -0.15) is 0 Å². The number of nitrogens with zero attached hydrogens (tertiary/aromatic N) is 1. The predicted molar refractivity (Wildman–Crippen MR) is 160 cm³/mol. The van der Waals surface area contributed by atoms with Crippen molar-refractivity contribution >= 4 is 29.2 Å². The van der Waals surface area contributed by atoms with Gasteiger partial charge >= 0.3 is 0 Å². The molecule has 3 N–H and O–H groups in total. The van der Waals surface area contributed by atoms with Gasteiger partial charge < -0.3 is 20.1 Å². The Morgan fingerprint density at radius 2 is 1.59 bits per heavy atom. The molecule has 0 spiro atoms. The first-order valence-electron chi connectivity index (χ1n) is 12.8. The van der Waals surface area contributed by atoms with E-state index in [0.29, 0.717) is 12.3 Å². The average molecular weight is 577 g/mol. The first-order chi connectivity index (χ1) is 19.7. The van der Waals surface area contributed by atoms with E-state index in [9.17, 15) is 18.5 Å². The summed E-state index contributed by atoms with van der Waals surface area (Å²) in [5.74, 6) is -1.44. The molecule has 0 fully saturated rings. The van der Waals surface area contributed by atoms with Crippen LogP contribution in [0.3, 0.4) is 0 Å². The van der Waals surface area contributed by atoms with Crippen LogP contribution >= 0.6 is 11.9 Å². The predicted octanol–water partition coefficient (Wildman–Crippen LogP) is 7.60. The highest BCUT2D eigenvalue weighted by molar-refractivity contribution is 8.00. The number of carbonyl (C=O) groups excluding carboxylic acids is 1. The quantitative estimate of drug-likeness (QED) is 0.0914. The Kier molecular flexibility index (Phi) is 9.57. The van der Waals surface area contributed by atoms with Gasteiger partial charge in [-0.3, -0.25) is 4.79 Å². The van der Waals surface area contributed by atoms with Gasteiger partial charge in [0.2, 0.25) is 0 Å². The van der Waals surface area contributed by atoms with Gasteiger partial charge in [0.25, 0.3) is 5.91 Å². The summed E-state index contributed by atoms with van der Waals surface area (Å²) < 4.78 is 35.6. The van der Waals surface area contributed by atoms with E-state index >= 15 is 0 Å². The smallest absolute Gasteiger partial charge is 0.251 e. The average Bonchev–Trinajstić information content (AvgIpc) is 2.97. The third kappa shape index (κ3) is 7.82. The minimum Gasteiger partial charge on any atom is -0.496 e. The first kappa shape index (κ1) is 29.5. The van der Waals surface area contributed by atoms with Crippen molar-refractivity contribution in [1.29, 1.82) is 0 Å². The number of nitrogens with one attached hydrogen (secondary N) is 3. The van der Waals surface area contributed by atoms with Gasteiger partial charge in [-0.1, -0.05) is 35.5 Å². The molecule has 1 amide bonds. The van der Waals surface area contributed by atoms with E-state index < -0.39 is 23.1 Å². The fraction of sp³-hybridized carbons (Fsp3) is 0.194. The van der Waals surface area contributed by atoms with E-state index in [1.165, 1.54) is 11.9 Å². The second-order valence-electron chi connectivity index (χ2n) is 9.72. The van der Waals surface area contributed by atoms with Gasteiger partial charge in [0.1, 0.15) is 22.9 Å². The molecule has 212 valence electrons. The van der Waals surface area contributed by atoms with Crippen molar-refractivity contribution in [2.75, 3.05) is 30.2 Å².